The number of hydrogen-bond acceptors (Lipinski definition) is 6. The molecule has 1 aliphatic heterocycles. The van der Waals surface area contributed by atoms with Crippen molar-refractivity contribution in [2.45, 2.75) is 25.5 Å². The lowest BCUT2D eigenvalue weighted by Crippen LogP contribution is -2.42. The molecule has 1 aromatic rings. The Morgan fingerprint density at radius 1 is 1.27 bits per heavy atom. The van der Waals surface area contributed by atoms with Crippen molar-refractivity contribution in [1.82, 2.24) is 4.90 Å². The highest BCUT2D eigenvalue weighted by molar-refractivity contribution is 7.86. The summed E-state index contributed by atoms with van der Waals surface area (Å²) >= 11 is 0. The van der Waals surface area contributed by atoms with Crippen LogP contribution in [0.15, 0.2) is 30.3 Å². The van der Waals surface area contributed by atoms with E-state index in [9.17, 15) is 18.0 Å². The number of rotatable bonds is 4. The number of likely N-dealkylation sites (tertiary alicyclic amines) is 1. The summed E-state index contributed by atoms with van der Waals surface area (Å²) in [5, 5.41) is 0. The molecule has 1 fully saturated rings. The SMILES string of the molecule is CS(=O)(=O)OC(=O)C1CCCN1C(=O)OCc1ccccc1. The molecule has 8 heteroatoms. The summed E-state index contributed by atoms with van der Waals surface area (Å²) < 4.78 is 31.5. The fraction of sp³-hybridized carbons (Fsp3) is 0.429. The number of ether oxygens (including phenoxy) is 1. The number of amides is 1. The molecule has 22 heavy (non-hydrogen) atoms. The van der Waals surface area contributed by atoms with Crippen molar-refractivity contribution < 1.29 is 26.9 Å². The third-order valence-electron chi connectivity index (χ3n) is 3.20. The molecule has 0 spiro atoms. The van der Waals surface area contributed by atoms with E-state index in [2.05, 4.69) is 4.18 Å². The molecule has 120 valence electrons. The minimum atomic E-state index is -3.89. The van der Waals surface area contributed by atoms with Crippen LogP contribution in [-0.4, -0.2) is 44.2 Å². The van der Waals surface area contributed by atoms with Gasteiger partial charge in [0.2, 0.25) is 0 Å². The van der Waals surface area contributed by atoms with Gasteiger partial charge in [0, 0.05) is 6.54 Å². The van der Waals surface area contributed by atoms with Crippen LogP contribution < -0.4 is 0 Å². The molecule has 0 aromatic heterocycles. The average Bonchev–Trinajstić information content (AvgIpc) is 2.93. The van der Waals surface area contributed by atoms with Crippen LogP contribution in [-0.2, 0) is 30.4 Å². The Morgan fingerprint density at radius 2 is 1.95 bits per heavy atom. The molecular weight excluding hydrogens is 310 g/mol. The standard InChI is InChI=1S/C14H17NO6S/c1-22(18,19)21-13(16)12-8-5-9-15(12)14(17)20-10-11-6-3-2-4-7-11/h2-4,6-7,12H,5,8-10H2,1H3. The Balaban J connectivity index is 1.95. The first-order chi connectivity index (χ1) is 10.4. The Labute approximate surface area is 128 Å². The van der Waals surface area contributed by atoms with Crippen molar-refractivity contribution in [3.05, 3.63) is 35.9 Å². The third kappa shape index (κ3) is 4.45. The van der Waals surface area contributed by atoms with Crippen molar-refractivity contribution in [1.29, 1.82) is 0 Å². The second-order valence-electron chi connectivity index (χ2n) is 5.00. The van der Waals surface area contributed by atoms with Gasteiger partial charge in [0.1, 0.15) is 12.6 Å². The summed E-state index contributed by atoms with van der Waals surface area (Å²) in [5.74, 6) is -0.948. The van der Waals surface area contributed by atoms with E-state index in [4.69, 9.17) is 4.74 Å². The Kier molecular flexibility index (Phi) is 5.02. The van der Waals surface area contributed by atoms with Crippen LogP contribution >= 0.6 is 0 Å². The van der Waals surface area contributed by atoms with Crippen LogP contribution in [0.1, 0.15) is 18.4 Å². The van der Waals surface area contributed by atoms with E-state index in [1.165, 1.54) is 4.90 Å². The summed E-state index contributed by atoms with van der Waals surface area (Å²) in [7, 11) is -3.89. The van der Waals surface area contributed by atoms with Gasteiger partial charge in [-0.15, -0.1) is 0 Å². The van der Waals surface area contributed by atoms with E-state index in [0.29, 0.717) is 19.4 Å². The molecule has 1 aliphatic rings. The van der Waals surface area contributed by atoms with Crippen molar-refractivity contribution in [2.24, 2.45) is 0 Å². The number of carbonyl (C=O) groups is 2. The second kappa shape index (κ2) is 6.78. The van der Waals surface area contributed by atoms with E-state index in [-0.39, 0.29) is 6.61 Å². The molecule has 7 nitrogen and oxygen atoms in total. The smallest absolute Gasteiger partial charge is 0.410 e. The van der Waals surface area contributed by atoms with Gasteiger partial charge in [0.25, 0.3) is 0 Å². The summed E-state index contributed by atoms with van der Waals surface area (Å²) in [6.45, 7) is 0.418. The van der Waals surface area contributed by atoms with E-state index in [1.54, 1.807) is 0 Å². The number of hydrogen-bond donors (Lipinski definition) is 0. The molecule has 0 aliphatic carbocycles. The lowest BCUT2D eigenvalue weighted by molar-refractivity contribution is -0.138. The predicted molar refractivity (Wildman–Crippen MR) is 77.3 cm³/mol. The normalized spacial score (nSPS) is 18.0. The fourth-order valence-corrected chi connectivity index (χ4v) is 2.65. The van der Waals surface area contributed by atoms with Gasteiger partial charge in [-0.3, -0.25) is 4.90 Å². The molecule has 1 atom stereocenters. The van der Waals surface area contributed by atoms with Crippen LogP contribution in [0.5, 0.6) is 0 Å². The maximum atomic E-state index is 12.0. The van der Waals surface area contributed by atoms with E-state index >= 15 is 0 Å². The van der Waals surface area contributed by atoms with Gasteiger partial charge >= 0.3 is 22.2 Å². The van der Waals surface area contributed by atoms with Crippen molar-refractivity contribution >= 4 is 22.2 Å². The maximum Gasteiger partial charge on any atom is 0.410 e. The van der Waals surface area contributed by atoms with Crippen LogP contribution in [0.4, 0.5) is 4.79 Å². The van der Waals surface area contributed by atoms with Crippen molar-refractivity contribution in [3.8, 4) is 0 Å². The zero-order valence-electron chi connectivity index (χ0n) is 12.1. The quantitative estimate of drug-likeness (QED) is 0.774. The molecule has 0 bridgehead atoms. The molecule has 1 aromatic carbocycles. The highest BCUT2D eigenvalue weighted by atomic mass is 32.2. The first-order valence-corrected chi connectivity index (χ1v) is 8.59. The largest absolute Gasteiger partial charge is 0.445 e. The van der Waals surface area contributed by atoms with Crippen LogP contribution in [0.2, 0.25) is 0 Å². The number of carbonyl (C=O) groups excluding carboxylic acids is 2. The van der Waals surface area contributed by atoms with Gasteiger partial charge in [0.05, 0.1) is 6.26 Å². The molecule has 0 radical (unpaired) electrons. The second-order valence-corrected chi connectivity index (χ2v) is 6.57. The Hall–Kier alpha value is -2.09. The Bertz CT molecular complexity index is 643. The molecule has 2 rings (SSSR count). The lowest BCUT2D eigenvalue weighted by atomic mass is 10.2. The van der Waals surface area contributed by atoms with Crippen molar-refractivity contribution in [2.75, 3.05) is 12.8 Å². The van der Waals surface area contributed by atoms with Gasteiger partial charge < -0.3 is 8.92 Å². The first kappa shape index (κ1) is 16.3. The monoisotopic (exact) mass is 327 g/mol. The summed E-state index contributed by atoms with van der Waals surface area (Å²) in [6, 6.07) is 8.21. The highest BCUT2D eigenvalue weighted by Crippen LogP contribution is 2.20. The van der Waals surface area contributed by atoms with Crippen LogP contribution in [0.3, 0.4) is 0 Å². The van der Waals surface area contributed by atoms with Gasteiger partial charge in [-0.2, -0.15) is 8.42 Å². The van der Waals surface area contributed by atoms with E-state index < -0.39 is 28.2 Å². The average molecular weight is 327 g/mol. The Morgan fingerprint density at radius 3 is 2.59 bits per heavy atom. The zero-order valence-corrected chi connectivity index (χ0v) is 12.9. The summed E-state index contributed by atoms with van der Waals surface area (Å²) in [6.07, 6.45) is 1.08. The van der Waals surface area contributed by atoms with E-state index in [0.717, 1.165) is 11.8 Å². The molecule has 1 saturated heterocycles. The number of nitrogens with zero attached hydrogens (tertiary/aromatic N) is 1. The lowest BCUT2D eigenvalue weighted by Gasteiger charge is -2.22. The van der Waals surface area contributed by atoms with Gasteiger partial charge in [0.15, 0.2) is 0 Å². The van der Waals surface area contributed by atoms with Crippen LogP contribution in [0, 0.1) is 0 Å². The minimum Gasteiger partial charge on any atom is -0.445 e. The molecule has 0 saturated carbocycles. The first-order valence-electron chi connectivity index (χ1n) is 6.77. The van der Waals surface area contributed by atoms with Crippen LogP contribution in [0.25, 0.3) is 0 Å². The zero-order chi connectivity index (χ0) is 16.2. The molecule has 0 N–H and O–H groups in total. The van der Waals surface area contributed by atoms with Gasteiger partial charge in [-0.25, -0.2) is 9.59 Å². The molecule has 1 unspecified atom stereocenters. The third-order valence-corrected chi connectivity index (χ3v) is 3.67. The summed E-state index contributed by atoms with van der Waals surface area (Å²) in [5.41, 5.74) is 0.824. The number of benzene rings is 1. The predicted octanol–water partition coefficient (Wildman–Crippen LogP) is 1.29. The van der Waals surface area contributed by atoms with E-state index in [1.807, 2.05) is 30.3 Å². The topological polar surface area (TPSA) is 90.0 Å². The molecular formula is C14H17NO6S. The maximum absolute atomic E-state index is 12.0. The molecule has 1 heterocycles. The molecule has 1 amide bonds. The minimum absolute atomic E-state index is 0.0873. The van der Waals surface area contributed by atoms with Crippen molar-refractivity contribution in [3.63, 3.8) is 0 Å². The fourth-order valence-electron chi connectivity index (χ4n) is 2.24. The van der Waals surface area contributed by atoms with Gasteiger partial charge in [-0.1, -0.05) is 30.3 Å². The van der Waals surface area contributed by atoms with Gasteiger partial charge in [-0.05, 0) is 18.4 Å². The summed E-state index contributed by atoms with van der Waals surface area (Å²) in [4.78, 5) is 25.0. The highest BCUT2D eigenvalue weighted by Gasteiger charge is 2.37.